The van der Waals surface area contributed by atoms with Crippen LogP contribution < -0.4 is 5.73 Å². The van der Waals surface area contributed by atoms with Crippen molar-refractivity contribution >= 4 is 15.9 Å². The Balaban J connectivity index is 2.38. The van der Waals surface area contributed by atoms with E-state index in [1.54, 1.807) is 6.07 Å². The molecule has 2 N–H and O–H groups in total. The largest absolute Gasteiger partial charge is 0.320 e. The quantitative estimate of drug-likeness (QED) is 0.893. The normalized spacial score (nSPS) is 12.4. The molecule has 2 aromatic rings. The number of hydrogen-bond donors (Lipinski definition) is 1. The fourth-order valence-electron chi connectivity index (χ4n) is 1.59. The number of nitrogens with two attached hydrogens (primary N) is 1. The van der Waals surface area contributed by atoms with Gasteiger partial charge in [-0.1, -0.05) is 52.3 Å². The van der Waals surface area contributed by atoms with Gasteiger partial charge in [-0.3, -0.25) is 0 Å². The molecule has 82 valence electrons. The molecule has 3 heteroatoms. The summed E-state index contributed by atoms with van der Waals surface area (Å²) in [4.78, 5) is 0. The molecular formula is C13H11BrFN. The lowest BCUT2D eigenvalue weighted by atomic mass is 10.00. The SMILES string of the molecule is NC(c1ccccc1)c1ccc(F)cc1Br. The molecule has 16 heavy (non-hydrogen) atoms. The predicted molar refractivity (Wildman–Crippen MR) is 66.6 cm³/mol. The highest BCUT2D eigenvalue weighted by molar-refractivity contribution is 9.10. The number of halogens is 2. The van der Waals surface area contributed by atoms with Gasteiger partial charge in [0.2, 0.25) is 0 Å². The molecule has 1 atom stereocenters. The van der Waals surface area contributed by atoms with Crippen LogP contribution in [0.2, 0.25) is 0 Å². The van der Waals surface area contributed by atoms with E-state index in [9.17, 15) is 4.39 Å². The van der Waals surface area contributed by atoms with Gasteiger partial charge in [0.05, 0.1) is 6.04 Å². The highest BCUT2D eigenvalue weighted by Crippen LogP contribution is 2.27. The minimum atomic E-state index is -0.268. The summed E-state index contributed by atoms with van der Waals surface area (Å²) in [7, 11) is 0. The van der Waals surface area contributed by atoms with Crippen LogP contribution in [0.3, 0.4) is 0 Å². The minimum Gasteiger partial charge on any atom is -0.320 e. The Bertz CT molecular complexity index is 485. The summed E-state index contributed by atoms with van der Waals surface area (Å²) in [5.41, 5.74) is 8.01. The molecule has 0 bridgehead atoms. The van der Waals surface area contributed by atoms with Crippen molar-refractivity contribution in [3.63, 3.8) is 0 Å². The Morgan fingerprint density at radius 3 is 2.38 bits per heavy atom. The van der Waals surface area contributed by atoms with Gasteiger partial charge >= 0.3 is 0 Å². The third kappa shape index (κ3) is 2.31. The van der Waals surface area contributed by atoms with Crippen molar-refractivity contribution < 1.29 is 4.39 Å². The molecule has 0 heterocycles. The third-order valence-electron chi connectivity index (χ3n) is 2.46. The van der Waals surface area contributed by atoms with Crippen molar-refractivity contribution in [1.29, 1.82) is 0 Å². The van der Waals surface area contributed by atoms with Crippen LogP contribution in [0.1, 0.15) is 17.2 Å². The summed E-state index contributed by atoms with van der Waals surface area (Å²) in [5.74, 6) is -0.268. The van der Waals surface area contributed by atoms with Crippen LogP contribution in [-0.2, 0) is 0 Å². The molecule has 0 saturated heterocycles. The molecule has 0 spiro atoms. The molecule has 0 fully saturated rings. The first-order valence-corrected chi connectivity index (χ1v) is 5.73. The third-order valence-corrected chi connectivity index (χ3v) is 3.14. The lowest BCUT2D eigenvalue weighted by Crippen LogP contribution is -2.12. The van der Waals surface area contributed by atoms with Gasteiger partial charge < -0.3 is 5.73 Å². The standard InChI is InChI=1S/C13H11BrFN/c14-12-8-10(15)6-7-11(12)13(16)9-4-2-1-3-5-9/h1-8,13H,16H2. The first-order chi connectivity index (χ1) is 7.68. The van der Waals surface area contributed by atoms with Crippen LogP contribution >= 0.6 is 15.9 Å². The summed E-state index contributed by atoms with van der Waals surface area (Å²) in [6, 6.07) is 14.0. The molecule has 0 saturated carbocycles. The maximum Gasteiger partial charge on any atom is 0.124 e. The summed E-state index contributed by atoms with van der Waals surface area (Å²) in [6.07, 6.45) is 0. The fraction of sp³-hybridized carbons (Fsp3) is 0.0769. The molecule has 2 rings (SSSR count). The maximum atomic E-state index is 12.9. The minimum absolute atomic E-state index is 0.240. The van der Waals surface area contributed by atoms with E-state index in [2.05, 4.69) is 15.9 Å². The summed E-state index contributed by atoms with van der Waals surface area (Å²) < 4.78 is 13.6. The molecule has 2 aromatic carbocycles. The number of benzene rings is 2. The van der Waals surface area contributed by atoms with E-state index in [-0.39, 0.29) is 11.9 Å². The van der Waals surface area contributed by atoms with Gasteiger partial charge in [0.1, 0.15) is 5.82 Å². The molecule has 0 radical (unpaired) electrons. The Kier molecular flexibility index (Phi) is 3.36. The summed E-state index contributed by atoms with van der Waals surface area (Å²) >= 11 is 3.32. The van der Waals surface area contributed by atoms with Crippen LogP contribution in [-0.4, -0.2) is 0 Å². The van der Waals surface area contributed by atoms with Crippen LogP contribution in [0.4, 0.5) is 4.39 Å². The second-order valence-corrected chi connectivity index (χ2v) is 4.41. The smallest absolute Gasteiger partial charge is 0.124 e. The van der Waals surface area contributed by atoms with Crippen molar-refractivity contribution in [2.45, 2.75) is 6.04 Å². The van der Waals surface area contributed by atoms with Crippen molar-refractivity contribution in [1.82, 2.24) is 0 Å². The molecular weight excluding hydrogens is 269 g/mol. The Labute approximate surface area is 102 Å². The first kappa shape index (κ1) is 11.3. The Morgan fingerprint density at radius 2 is 1.75 bits per heavy atom. The zero-order valence-corrected chi connectivity index (χ0v) is 10.1. The molecule has 0 aliphatic carbocycles. The zero-order valence-electron chi connectivity index (χ0n) is 8.53. The number of hydrogen-bond acceptors (Lipinski definition) is 1. The van der Waals surface area contributed by atoms with E-state index < -0.39 is 0 Å². The molecule has 0 amide bonds. The lowest BCUT2D eigenvalue weighted by molar-refractivity contribution is 0.625. The topological polar surface area (TPSA) is 26.0 Å². The lowest BCUT2D eigenvalue weighted by Gasteiger charge is -2.14. The highest BCUT2D eigenvalue weighted by atomic mass is 79.9. The van der Waals surface area contributed by atoms with Gasteiger partial charge in [0.25, 0.3) is 0 Å². The van der Waals surface area contributed by atoms with E-state index in [0.717, 1.165) is 11.1 Å². The molecule has 0 aliphatic heterocycles. The van der Waals surface area contributed by atoms with E-state index in [1.165, 1.54) is 12.1 Å². The summed E-state index contributed by atoms with van der Waals surface area (Å²) in [6.45, 7) is 0. The van der Waals surface area contributed by atoms with Gasteiger partial charge in [0.15, 0.2) is 0 Å². The second-order valence-electron chi connectivity index (χ2n) is 3.55. The average Bonchev–Trinajstić information content (AvgIpc) is 2.29. The van der Waals surface area contributed by atoms with E-state index >= 15 is 0 Å². The molecule has 1 unspecified atom stereocenters. The van der Waals surface area contributed by atoms with Crippen molar-refractivity contribution in [3.05, 3.63) is 69.9 Å². The van der Waals surface area contributed by atoms with Crippen LogP contribution in [0.25, 0.3) is 0 Å². The first-order valence-electron chi connectivity index (χ1n) is 4.94. The van der Waals surface area contributed by atoms with Gasteiger partial charge in [0, 0.05) is 4.47 Å². The average molecular weight is 280 g/mol. The van der Waals surface area contributed by atoms with Gasteiger partial charge in [-0.15, -0.1) is 0 Å². The maximum absolute atomic E-state index is 12.9. The summed E-state index contributed by atoms with van der Waals surface area (Å²) in [5, 5.41) is 0. The van der Waals surface area contributed by atoms with Crippen molar-refractivity contribution in [2.24, 2.45) is 5.73 Å². The van der Waals surface area contributed by atoms with Gasteiger partial charge in [-0.25, -0.2) is 4.39 Å². The second kappa shape index (κ2) is 4.76. The zero-order chi connectivity index (χ0) is 11.5. The molecule has 0 aromatic heterocycles. The fourth-order valence-corrected chi connectivity index (χ4v) is 2.19. The van der Waals surface area contributed by atoms with Crippen LogP contribution in [0, 0.1) is 5.82 Å². The predicted octanol–water partition coefficient (Wildman–Crippen LogP) is 3.64. The van der Waals surface area contributed by atoms with E-state index in [4.69, 9.17) is 5.73 Å². The van der Waals surface area contributed by atoms with Crippen LogP contribution in [0.5, 0.6) is 0 Å². The Hall–Kier alpha value is -1.19. The van der Waals surface area contributed by atoms with E-state index in [1.807, 2.05) is 30.3 Å². The van der Waals surface area contributed by atoms with Crippen molar-refractivity contribution in [2.75, 3.05) is 0 Å². The molecule has 1 nitrogen and oxygen atoms in total. The van der Waals surface area contributed by atoms with E-state index in [0.29, 0.717) is 4.47 Å². The van der Waals surface area contributed by atoms with Crippen molar-refractivity contribution in [3.8, 4) is 0 Å². The number of rotatable bonds is 2. The monoisotopic (exact) mass is 279 g/mol. The van der Waals surface area contributed by atoms with Gasteiger partial charge in [-0.05, 0) is 23.3 Å². The van der Waals surface area contributed by atoms with Crippen LogP contribution in [0.15, 0.2) is 53.0 Å². The molecule has 0 aliphatic rings. The highest BCUT2D eigenvalue weighted by Gasteiger charge is 2.12. The van der Waals surface area contributed by atoms with Gasteiger partial charge in [-0.2, -0.15) is 0 Å². The Morgan fingerprint density at radius 1 is 1.06 bits per heavy atom.